The van der Waals surface area contributed by atoms with Crippen LogP contribution in [0, 0.1) is 20.8 Å². The second-order valence-corrected chi connectivity index (χ2v) is 8.59. The van der Waals surface area contributed by atoms with Crippen LogP contribution in [0.5, 0.6) is 11.5 Å². The molecule has 0 unspecified atom stereocenters. The first-order valence-corrected chi connectivity index (χ1v) is 11.3. The average Bonchev–Trinajstić information content (AvgIpc) is 3.22. The van der Waals surface area contributed by atoms with Crippen molar-refractivity contribution in [3.05, 3.63) is 63.7 Å². The maximum atomic E-state index is 12.5. The van der Waals surface area contributed by atoms with Crippen LogP contribution in [0.25, 0.3) is 0 Å². The number of methoxy groups -OCH3 is 2. The zero-order valence-electron chi connectivity index (χ0n) is 19.7. The van der Waals surface area contributed by atoms with Crippen molar-refractivity contribution in [1.29, 1.82) is 0 Å². The second kappa shape index (κ2) is 10.5. The van der Waals surface area contributed by atoms with E-state index in [1.54, 1.807) is 42.7 Å². The lowest BCUT2D eigenvalue weighted by molar-refractivity contribution is -0.144. The molecule has 174 valence electrons. The van der Waals surface area contributed by atoms with Crippen molar-refractivity contribution >= 4 is 34.0 Å². The Kier molecular flexibility index (Phi) is 7.71. The van der Waals surface area contributed by atoms with E-state index in [4.69, 9.17) is 14.2 Å². The molecule has 0 saturated carbocycles. The lowest BCUT2D eigenvalue weighted by atomic mass is 10.0. The minimum absolute atomic E-state index is 0.0280. The minimum atomic E-state index is -0.384. The van der Waals surface area contributed by atoms with E-state index in [1.807, 2.05) is 32.9 Å². The van der Waals surface area contributed by atoms with E-state index in [9.17, 15) is 9.59 Å². The summed E-state index contributed by atoms with van der Waals surface area (Å²) in [6, 6.07) is 9.38. The third kappa shape index (κ3) is 5.70. The van der Waals surface area contributed by atoms with Gasteiger partial charge in [0.05, 0.1) is 32.0 Å². The number of nitrogens with zero attached hydrogens (tertiary/aromatic N) is 2. The number of esters is 1. The molecule has 0 spiro atoms. The summed E-state index contributed by atoms with van der Waals surface area (Å²) in [5, 5.41) is 2.34. The molecule has 1 amide bonds. The Labute approximate surface area is 197 Å². The quantitative estimate of drug-likeness (QED) is 0.430. The Morgan fingerprint density at radius 2 is 1.67 bits per heavy atom. The number of carbonyl (C=O) groups is 2. The van der Waals surface area contributed by atoms with Gasteiger partial charge in [-0.3, -0.25) is 14.5 Å². The molecule has 0 N–H and O–H groups in total. The Bertz CT molecular complexity index is 1150. The van der Waals surface area contributed by atoms with Gasteiger partial charge < -0.3 is 14.2 Å². The van der Waals surface area contributed by atoms with Crippen LogP contribution in [0.1, 0.15) is 34.9 Å². The van der Waals surface area contributed by atoms with Crippen LogP contribution in [-0.4, -0.2) is 31.1 Å². The molecule has 0 atom stereocenters. The number of hydrogen-bond acceptors (Lipinski definition) is 7. The summed E-state index contributed by atoms with van der Waals surface area (Å²) >= 11 is 1.34. The molecule has 1 aromatic heterocycles. The van der Waals surface area contributed by atoms with E-state index in [0.717, 1.165) is 27.9 Å². The lowest BCUT2D eigenvalue weighted by Crippen LogP contribution is -2.24. The summed E-state index contributed by atoms with van der Waals surface area (Å²) in [5.74, 6) is 0.637. The number of amides is 1. The van der Waals surface area contributed by atoms with Crippen LogP contribution >= 0.6 is 11.3 Å². The summed E-state index contributed by atoms with van der Waals surface area (Å²) in [6.45, 7) is 7.54. The normalized spacial score (nSPS) is 10.6. The summed E-state index contributed by atoms with van der Waals surface area (Å²) in [6.07, 6.45) is 0.0959. The standard InChI is InChI=1S/C25H28N2O5S/c1-15-9-16(2)24(17(3)10-15)27(18(4)28)25-26-20(14-33-25)13-32-23(29)12-19-7-8-21(30-5)22(11-19)31-6/h7-11,14H,12-13H2,1-6H3. The molecule has 1 heterocycles. The highest BCUT2D eigenvalue weighted by atomic mass is 32.1. The van der Waals surface area contributed by atoms with Gasteiger partial charge in [-0.1, -0.05) is 23.8 Å². The van der Waals surface area contributed by atoms with E-state index in [0.29, 0.717) is 22.3 Å². The number of thiazole rings is 1. The number of aromatic nitrogens is 1. The van der Waals surface area contributed by atoms with Gasteiger partial charge in [-0.15, -0.1) is 11.3 Å². The van der Waals surface area contributed by atoms with Crippen LogP contribution in [0.3, 0.4) is 0 Å². The Morgan fingerprint density at radius 3 is 2.27 bits per heavy atom. The smallest absolute Gasteiger partial charge is 0.310 e. The van der Waals surface area contributed by atoms with Crippen molar-refractivity contribution < 1.29 is 23.8 Å². The number of rotatable bonds is 8. The fourth-order valence-corrected chi connectivity index (χ4v) is 4.60. The molecule has 7 nitrogen and oxygen atoms in total. The van der Waals surface area contributed by atoms with Gasteiger partial charge in [-0.25, -0.2) is 4.98 Å². The fourth-order valence-electron chi connectivity index (χ4n) is 3.74. The van der Waals surface area contributed by atoms with Gasteiger partial charge in [0.2, 0.25) is 5.91 Å². The zero-order chi connectivity index (χ0) is 24.1. The summed E-state index contributed by atoms with van der Waals surface area (Å²) < 4.78 is 15.9. The molecule has 0 bridgehead atoms. The SMILES string of the molecule is COc1ccc(CC(=O)OCc2csc(N(C(C)=O)c3c(C)cc(C)cc3C)n2)cc1OC. The van der Waals surface area contributed by atoms with Gasteiger partial charge in [0.25, 0.3) is 0 Å². The molecule has 0 radical (unpaired) electrons. The Morgan fingerprint density at radius 1 is 1.00 bits per heavy atom. The second-order valence-electron chi connectivity index (χ2n) is 7.75. The first-order valence-electron chi connectivity index (χ1n) is 10.4. The van der Waals surface area contributed by atoms with E-state index < -0.39 is 0 Å². The average molecular weight is 469 g/mol. The van der Waals surface area contributed by atoms with Crippen molar-refractivity contribution in [2.24, 2.45) is 0 Å². The van der Waals surface area contributed by atoms with E-state index >= 15 is 0 Å². The Balaban J connectivity index is 1.70. The van der Waals surface area contributed by atoms with Crippen molar-refractivity contribution in [2.45, 2.75) is 40.7 Å². The van der Waals surface area contributed by atoms with Gasteiger partial charge in [0.15, 0.2) is 16.6 Å². The lowest BCUT2D eigenvalue weighted by Gasteiger charge is -2.23. The third-order valence-electron chi connectivity index (χ3n) is 5.08. The molecule has 0 aliphatic heterocycles. The van der Waals surface area contributed by atoms with Gasteiger partial charge in [-0.2, -0.15) is 0 Å². The topological polar surface area (TPSA) is 78.0 Å². The number of ether oxygens (including phenoxy) is 3. The van der Waals surface area contributed by atoms with Crippen LogP contribution in [0.2, 0.25) is 0 Å². The van der Waals surface area contributed by atoms with E-state index in [1.165, 1.54) is 18.3 Å². The van der Waals surface area contributed by atoms with Crippen LogP contribution in [0.15, 0.2) is 35.7 Å². The number of carbonyl (C=O) groups excluding carboxylic acids is 2. The molecule has 8 heteroatoms. The maximum absolute atomic E-state index is 12.5. The monoisotopic (exact) mass is 468 g/mol. The molecular weight excluding hydrogens is 440 g/mol. The number of anilines is 2. The largest absolute Gasteiger partial charge is 0.493 e. The first kappa shape index (κ1) is 24.3. The van der Waals surface area contributed by atoms with Gasteiger partial charge >= 0.3 is 5.97 Å². The number of aryl methyl sites for hydroxylation is 3. The van der Waals surface area contributed by atoms with Crippen molar-refractivity contribution in [2.75, 3.05) is 19.1 Å². The van der Waals surface area contributed by atoms with Gasteiger partial charge in [0, 0.05) is 12.3 Å². The predicted octanol–water partition coefficient (Wildman–Crippen LogP) is 5.06. The summed E-state index contributed by atoms with van der Waals surface area (Å²) in [4.78, 5) is 31.0. The van der Waals surface area contributed by atoms with Gasteiger partial charge in [-0.05, 0) is 49.6 Å². The van der Waals surface area contributed by atoms with E-state index in [-0.39, 0.29) is 24.9 Å². The minimum Gasteiger partial charge on any atom is -0.493 e. The molecule has 33 heavy (non-hydrogen) atoms. The maximum Gasteiger partial charge on any atom is 0.310 e. The van der Waals surface area contributed by atoms with Crippen molar-refractivity contribution in [3.8, 4) is 11.5 Å². The molecule has 3 rings (SSSR count). The molecule has 3 aromatic rings. The molecule has 0 aliphatic rings. The molecule has 0 fully saturated rings. The van der Waals surface area contributed by atoms with E-state index in [2.05, 4.69) is 4.98 Å². The van der Waals surface area contributed by atoms with Crippen molar-refractivity contribution in [3.63, 3.8) is 0 Å². The van der Waals surface area contributed by atoms with Crippen LogP contribution in [-0.2, 0) is 27.4 Å². The molecule has 2 aromatic carbocycles. The predicted molar refractivity (Wildman–Crippen MR) is 129 cm³/mol. The highest BCUT2D eigenvalue weighted by Crippen LogP contribution is 2.34. The van der Waals surface area contributed by atoms with Crippen LogP contribution in [0.4, 0.5) is 10.8 Å². The number of hydrogen-bond donors (Lipinski definition) is 0. The van der Waals surface area contributed by atoms with Gasteiger partial charge in [0.1, 0.15) is 6.61 Å². The molecular formula is C25H28N2O5S. The van der Waals surface area contributed by atoms with Crippen LogP contribution < -0.4 is 14.4 Å². The first-order chi connectivity index (χ1) is 15.7. The molecule has 0 saturated heterocycles. The highest BCUT2D eigenvalue weighted by molar-refractivity contribution is 7.14. The molecule has 0 aliphatic carbocycles. The highest BCUT2D eigenvalue weighted by Gasteiger charge is 2.22. The fraction of sp³-hybridized carbons (Fsp3) is 0.320. The summed E-state index contributed by atoms with van der Waals surface area (Å²) in [7, 11) is 3.10. The zero-order valence-corrected chi connectivity index (χ0v) is 20.5. The number of benzene rings is 2. The third-order valence-corrected chi connectivity index (χ3v) is 5.96. The Hall–Kier alpha value is -3.39. The summed E-state index contributed by atoms with van der Waals surface area (Å²) in [5.41, 5.74) is 5.31. The van der Waals surface area contributed by atoms with Crippen molar-refractivity contribution in [1.82, 2.24) is 4.98 Å².